The van der Waals surface area contributed by atoms with Crippen LogP contribution in [0.15, 0.2) is 48.7 Å². The van der Waals surface area contributed by atoms with Gasteiger partial charge in [-0.25, -0.2) is 0 Å². The van der Waals surface area contributed by atoms with Gasteiger partial charge < -0.3 is 15.2 Å². The van der Waals surface area contributed by atoms with Gasteiger partial charge in [-0.15, -0.1) is 0 Å². The highest BCUT2D eigenvalue weighted by molar-refractivity contribution is 6.31. The van der Waals surface area contributed by atoms with Crippen molar-refractivity contribution in [1.82, 2.24) is 9.88 Å². The van der Waals surface area contributed by atoms with Gasteiger partial charge in [-0.3, -0.25) is 9.59 Å². The van der Waals surface area contributed by atoms with E-state index in [9.17, 15) is 9.59 Å². The summed E-state index contributed by atoms with van der Waals surface area (Å²) in [7, 11) is 0. The zero-order valence-corrected chi connectivity index (χ0v) is 16.8. The van der Waals surface area contributed by atoms with Crippen molar-refractivity contribution in [3.63, 3.8) is 0 Å². The lowest BCUT2D eigenvalue weighted by molar-refractivity contribution is -0.129. The number of nitrogens with zero attached hydrogens (tertiary/aromatic N) is 1. The quantitative estimate of drug-likeness (QED) is 0.614. The average Bonchev–Trinajstić information content (AvgIpc) is 3.08. The molecular weight excluding hydrogens is 374 g/mol. The van der Waals surface area contributed by atoms with Crippen LogP contribution in [0.1, 0.15) is 24.5 Å². The molecule has 1 heterocycles. The number of para-hydroxylation sites is 1. The van der Waals surface area contributed by atoms with Gasteiger partial charge in [0.05, 0.1) is 0 Å². The standard InChI is InChI=1S/C22H24ClN3O2/c1-15-7-8-18(13-20(15)23)25-22(28)10-12-26(16(2)27)11-9-17-14-24-21-6-4-3-5-19(17)21/h3-8,13-14,24H,9-12H2,1-2H3,(H,25,28). The lowest BCUT2D eigenvalue weighted by Crippen LogP contribution is -2.33. The molecule has 5 nitrogen and oxygen atoms in total. The molecule has 0 fully saturated rings. The number of H-pyrrole nitrogens is 1. The van der Waals surface area contributed by atoms with E-state index in [1.54, 1.807) is 11.0 Å². The van der Waals surface area contributed by atoms with Crippen molar-refractivity contribution in [2.45, 2.75) is 26.7 Å². The van der Waals surface area contributed by atoms with Crippen LogP contribution in [0.2, 0.25) is 5.02 Å². The number of hydrogen-bond acceptors (Lipinski definition) is 2. The summed E-state index contributed by atoms with van der Waals surface area (Å²) in [5.74, 6) is -0.177. The molecule has 0 atom stereocenters. The molecule has 0 bridgehead atoms. The first kappa shape index (κ1) is 20.0. The van der Waals surface area contributed by atoms with Gasteiger partial charge in [-0.05, 0) is 42.7 Å². The molecule has 2 N–H and O–H groups in total. The van der Waals surface area contributed by atoms with Crippen LogP contribution in [0.3, 0.4) is 0 Å². The van der Waals surface area contributed by atoms with Crippen molar-refractivity contribution in [2.24, 2.45) is 0 Å². The normalized spacial score (nSPS) is 10.8. The number of benzene rings is 2. The summed E-state index contributed by atoms with van der Waals surface area (Å²) in [4.78, 5) is 29.2. The Labute approximate surface area is 169 Å². The predicted molar refractivity (Wildman–Crippen MR) is 114 cm³/mol. The number of fused-ring (bicyclic) bond motifs is 1. The number of hydrogen-bond donors (Lipinski definition) is 2. The summed E-state index contributed by atoms with van der Waals surface area (Å²) >= 11 is 6.09. The molecule has 2 amide bonds. The van der Waals surface area contributed by atoms with Crippen molar-refractivity contribution in [1.29, 1.82) is 0 Å². The maximum Gasteiger partial charge on any atom is 0.226 e. The van der Waals surface area contributed by atoms with Crippen LogP contribution in [0.5, 0.6) is 0 Å². The molecule has 28 heavy (non-hydrogen) atoms. The van der Waals surface area contributed by atoms with E-state index in [0.717, 1.165) is 17.5 Å². The molecule has 0 unspecified atom stereocenters. The number of rotatable bonds is 7. The molecule has 0 aliphatic carbocycles. The van der Waals surface area contributed by atoms with Gasteiger partial charge in [0, 0.05) is 54.2 Å². The van der Waals surface area contributed by atoms with Gasteiger partial charge in [0.1, 0.15) is 0 Å². The minimum absolute atomic E-state index is 0.0361. The number of carbonyl (C=O) groups is 2. The molecule has 6 heteroatoms. The Kier molecular flexibility index (Phi) is 6.37. The van der Waals surface area contributed by atoms with Crippen LogP contribution < -0.4 is 5.32 Å². The minimum atomic E-state index is -0.140. The fourth-order valence-electron chi connectivity index (χ4n) is 3.15. The van der Waals surface area contributed by atoms with Crippen LogP contribution in [0, 0.1) is 6.92 Å². The van der Waals surface area contributed by atoms with E-state index >= 15 is 0 Å². The van der Waals surface area contributed by atoms with Crippen LogP contribution >= 0.6 is 11.6 Å². The second-order valence-electron chi connectivity index (χ2n) is 6.88. The summed E-state index contributed by atoms with van der Waals surface area (Å²) in [6.07, 6.45) is 2.95. The second-order valence-corrected chi connectivity index (χ2v) is 7.28. The first-order valence-electron chi connectivity index (χ1n) is 9.30. The Morgan fingerprint density at radius 1 is 1.14 bits per heavy atom. The van der Waals surface area contributed by atoms with Gasteiger partial charge in [-0.1, -0.05) is 35.9 Å². The highest BCUT2D eigenvalue weighted by Crippen LogP contribution is 2.20. The summed E-state index contributed by atoms with van der Waals surface area (Å²) in [6.45, 7) is 4.39. The lowest BCUT2D eigenvalue weighted by atomic mass is 10.1. The van der Waals surface area contributed by atoms with Crippen LogP contribution in [0.4, 0.5) is 5.69 Å². The average molecular weight is 398 g/mol. The van der Waals surface area contributed by atoms with Crippen molar-refractivity contribution in [2.75, 3.05) is 18.4 Å². The maximum atomic E-state index is 12.2. The van der Waals surface area contributed by atoms with Crippen LogP contribution in [-0.4, -0.2) is 34.8 Å². The molecule has 0 saturated carbocycles. The maximum absolute atomic E-state index is 12.2. The molecule has 0 radical (unpaired) electrons. The molecule has 1 aromatic heterocycles. The number of aromatic amines is 1. The van der Waals surface area contributed by atoms with E-state index in [1.165, 1.54) is 17.9 Å². The monoisotopic (exact) mass is 397 g/mol. The first-order chi connectivity index (χ1) is 13.4. The highest BCUT2D eigenvalue weighted by atomic mass is 35.5. The van der Waals surface area contributed by atoms with E-state index in [-0.39, 0.29) is 18.2 Å². The predicted octanol–water partition coefficient (Wildman–Crippen LogP) is 4.55. The van der Waals surface area contributed by atoms with Crippen LogP contribution in [0.25, 0.3) is 10.9 Å². The number of amides is 2. The zero-order valence-electron chi connectivity index (χ0n) is 16.1. The summed E-state index contributed by atoms with van der Waals surface area (Å²) in [5, 5.41) is 4.61. The number of halogens is 1. The molecule has 0 aliphatic rings. The number of anilines is 1. The van der Waals surface area contributed by atoms with E-state index in [2.05, 4.69) is 16.4 Å². The molecule has 146 valence electrons. The number of aryl methyl sites for hydroxylation is 1. The fourth-order valence-corrected chi connectivity index (χ4v) is 3.33. The van der Waals surface area contributed by atoms with E-state index < -0.39 is 0 Å². The molecule has 0 spiro atoms. The molecule has 3 rings (SSSR count). The molecule has 0 aliphatic heterocycles. The van der Waals surface area contributed by atoms with Gasteiger partial charge >= 0.3 is 0 Å². The second kappa shape index (κ2) is 8.93. The lowest BCUT2D eigenvalue weighted by Gasteiger charge is -2.20. The third kappa shape index (κ3) is 4.93. The van der Waals surface area contributed by atoms with E-state index in [1.807, 2.05) is 43.5 Å². The minimum Gasteiger partial charge on any atom is -0.361 e. The van der Waals surface area contributed by atoms with Gasteiger partial charge in [-0.2, -0.15) is 0 Å². The van der Waals surface area contributed by atoms with E-state index in [0.29, 0.717) is 23.8 Å². The molecule has 2 aromatic carbocycles. The Balaban J connectivity index is 1.55. The van der Waals surface area contributed by atoms with Crippen LogP contribution in [-0.2, 0) is 16.0 Å². The van der Waals surface area contributed by atoms with E-state index in [4.69, 9.17) is 11.6 Å². The summed E-state index contributed by atoms with van der Waals surface area (Å²) in [5.41, 5.74) is 3.87. The molecule has 3 aromatic rings. The smallest absolute Gasteiger partial charge is 0.226 e. The Hall–Kier alpha value is -2.79. The number of nitrogens with one attached hydrogen (secondary N) is 2. The number of carbonyl (C=O) groups excluding carboxylic acids is 2. The fraction of sp³-hybridized carbons (Fsp3) is 0.273. The molecule has 0 saturated heterocycles. The SMILES string of the molecule is CC(=O)N(CCC(=O)Nc1ccc(C)c(Cl)c1)CCc1c[nH]c2ccccc12. The van der Waals surface area contributed by atoms with Crippen molar-refractivity contribution in [3.8, 4) is 0 Å². The number of aromatic nitrogens is 1. The van der Waals surface area contributed by atoms with Gasteiger partial charge in [0.2, 0.25) is 11.8 Å². The Morgan fingerprint density at radius 2 is 1.93 bits per heavy atom. The van der Waals surface area contributed by atoms with Crippen molar-refractivity contribution in [3.05, 3.63) is 64.8 Å². The zero-order chi connectivity index (χ0) is 20.1. The van der Waals surface area contributed by atoms with Crippen molar-refractivity contribution < 1.29 is 9.59 Å². The third-order valence-electron chi connectivity index (χ3n) is 4.84. The Bertz CT molecular complexity index is 996. The van der Waals surface area contributed by atoms with Gasteiger partial charge in [0.15, 0.2) is 0 Å². The Morgan fingerprint density at radius 3 is 2.68 bits per heavy atom. The van der Waals surface area contributed by atoms with Gasteiger partial charge in [0.25, 0.3) is 0 Å². The summed E-state index contributed by atoms with van der Waals surface area (Å²) < 4.78 is 0. The largest absolute Gasteiger partial charge is 0.361 e. The third-order valence-corrected chi connectivity index (χ3v) is 5.24. The molecular formula is C22H24ClN3O2. The first-order valence-corrected chi connectivity index (χ1v) is 9.68. The van der Waals surface area contributed by atoms with Crippen molar-refractivity contribution >= 4 is 40.0 Å². The topological polar surface area (TPSA) is 65.2 Å². The summed E-state index contributed by atoms with van der Waals surface area (Å²) in [6, 6.07) is 13.5. The highest BCUT2D eigenvalue weighted by Gasteiger charge is 2.13.